The van der Waals surface area contributed by atoms with Crippen molar-refractivity contribution < 1.29 is 23.1 Å². The largest absolute Gasteiger partial charge is 0.478 e. The van der Waals surface area contributed by atoms with Gasteiger partial charge in [0.05, 0.1) is 22.3 Å². The summed E-state index contributed by atoms with van der Waals surface area (Å²) in [6.45, 7) is 2.53. The van der Waals surface area contributed by atoms with Crippen molar-refractivity contribution in [1.82, 2.24) is 0 Å². The third kappa shape index (κ3) is 3.83. The first-order chi connectivity index (χ1) is 9.94. The van der Waals surface area contributed by atoms with Crippen LogP contribution in [-0.2, 0) is 21.0 Å². The quantitative estimate of drug-likeness (QED) is 0.871. The summed E-state index contributed by atoms with van der Waals surface area (Å²) >= 11 is 0. The fourth-order valence-electron chi connectivity index (χ4n) is 2.53. The zero-order valence-corrected chi connectivity index (χ0v) is 12.9. The summed E-state index contributed by atoms with van der Waals surface area (Å²) in [5.41, 5.74) is 0.705. The first-order valence-electron chi connectivity index (χ1n) is 7.14. The third-order valence-electron chi connectivity index (χ3n) is 3.78. The van der Waals surface area contributed by atoms with Gasteiger partial charge in [-0.1, -0.05) is 13.0 Å². The van der Waals surface area contributed by atoms with Crippen LogP contribution >= 0.6 is 0 Å². The van der Waals surface area contributed by atoms with Gasteiger partial charge in [-0.15, -0.1) is 0 Å². The minimum absolute atomic E-state index is 0.00799. The first kappa shape index (κ1) is 16.0. The molecule has 0 amide bonds. The van der Waals surface area contributed by atoms with E-state index in [4.69, 9.17) is 4.74 Å². The van der Waals surface area contributed by atoms with Crippen LogP contribution in [0.5, 0.6) is 0 Å². The lowest BCUT2D eigenvalue weighted by Crippen LogP contribution is -2.15. The molecule has 1 saturated heterocycles. The van der Waals surface area contributed by atoms with Gasteiger partial charge in [0.1, 0.15) is 0 Å². The smallest absolute Gasteiger partial charge is 0.336 e. The van der Waals surface area contributed by atoms with Gasteiger partial charge in [-0.2, -0.15) is 0 Å². The molecule has 0 radical (unpaired) electrons. The lowest BCUT2D eigenvalue weighted by atomic mass is 10.1. The second kappa shape index (κ2) is 6.58. The van der Waals surface area contributed by atoms with E-state index in [1.165, 1.54) is 12.1 Å². The molecular weight excluding hydrogens is 292 g/mol. The number of carboxylic acid groups (broad SMARTS) is 1. The highest BCUT2D eigenvalue weighted by atomic mass is 32.2. The molecule has 1 aliphatic heterocycles. The van der Waals surface area contributed by atoms with Crippen molar-refractivity contribution in [1.29, 1.82) is 0 Å². The van der Waals surface area contributed by atoms with Gasteiger partial charge in [-0.05, 0) is 43.4 Å². The number of benzene rings is 1. The zero-order chi connectivity index (χ0) is 15.5. The fourth-order valence-corrected chi connectivity index (χ4v) is 3.91. The number of aromatic carboxylic acids is 1. The van der Waals surface area contributed by atoms with E-state index in [2.05, 4.69) is 0 Å². The summed E-state index contributed by atoms with van der Waals surface area (Å²) in [5.74, 6) is -1.11. The highest BCUT2D eigenvalue weighted by Gasteiger charge is 2.22. The van der Waals surface area contributed by atoms with E-state index in [-0.39, 0.29) is 22.3 Å². The molecule has 116 valence electrons. The number of sulfone groups is 1. The highest BCUT2D eigenvalue weighted by molar-refractivity contribution is 7.91. The Morgan fingerprint density at radius 1 is 1.43 bits per heavy atom. The monoisotopic (exact) mass is 312 g/mol. The Hall–Kier alpha value is -1.40. The van der Waals surface area contributed by atoms with Gasteiger partial charge >= 0.3 is 5.97 Å². The van der Waals surface area contributed by atoms with Crippen molar-refractivity contribution in [3.63, 3.8) is 0 Å². The molecule has 0 bridgehead atoms. The number of hydrogen-bond donors (Lipinski definition) is 1. The van der Waals surface area contributed by atoms with Crippen molar-refractivity contribution in [2.45, 2.75) is 43.6 Å². The van der Waals surface area contributed by atoms with Gasteiger partial charge < -0.3 is 9.84 Å². The standard InChI is InChI=1S/C15H20O5S/c1-2-11-5-6-13(10-14(11)15(16)17)21(18,19)9-7-12-4-3-8-20-12/h5-6,10,12H,2-4,7-9H2,1H3,(H,16,17). The van der Waals surface area contributed by atoms with E-state index in [0.29, 0.717) is 25.0 Å². The Balaban J connectivity index is 2.18. The molecule has 0 aliphatic carbocycles. The second-order valence-corrected chi connectivity index (χ2v) is 7.33. The summed E-state index contributed by atoms with van der Waals surface area (Å²) < 4.78 is 30.1. The van der Waals surface area contributed by atoms with Crippen LogP contribution in [0, 0.1) is 0 Å². The van der Waals surface area contributed by atoms with Crippen molar-refractivity contribution in [3.05, 3.63) is 29.3 Å². The van der Waals surface area contributed by atoms with E-state index < -0.39 is 15.8 Å². The minimum atomic E-state index is -3.47. The van der Waals surface area contributed by atoms with Crippen LogP contribution in [0.1, 0.15) is 42.1 Å². The van der Waals surface area contributed by atoms with E-state index in [0.717, 1.165) is 12.8 Å². The molecule has 1 aliphatic rings. The molecule has 6 heteroatoms. The molecule has 21 heavy (non-hydrogen) atoms. The molecule has 1 atom stereocenters. The predicted octanol–water partition coefficient (Wildman–Crippen LogP) is 2.29. The average molecular weight is 312 g/mol. The van der Waals surface area contributed by atoms with Gasteiger partial charge in [-0.25, -0.2) is 13.2 Å². The van der Waals surface area contributed by atoms with Crippen LogP contribution in [-0.4, -0.2) is 38.0 Å². The van der Waals surface area contributed by atoms with E-state index in [1.54, 1.807) is 6.07 Å². The maximum atomic E-state index is 12.3. The first-order valence-corrected chi connectivity index (χ1v) is 8.80. The summed E-state index contributed by atoms with van der Waals surface area (Å²) in [6, 6.07) is 4.35. The zero-order valence-electron chi connectivity index (χ0n) is 12.0. The van der Waals surface area contributed by atoms with Crippen LogP contribution in [0.3, 0.4) is 0 Å². The summed E-state index contributed by atoms with van der Waals surface area (Å²) in [6.07, 6.45) is 2.88. The molecule has 2 rings (SSSR count). The molecule has 5 nitrogen and oxygen atoms in total. The Labute approximate surface area is 124 Å². The molecule has 0 spiro atoms. The summed E-state index contributed by atoms with van der Waals surface area (Å²) in [5, 5.41) is 9.17. The summed E-state index contributed by atoms with van der Waals surface area (Å²) in [7, 11) is -3.47. The predicted molar refractivity (Wildman–Crippen MR) is 78.4 cm³/mol. The molecule has 1 fully saturated rings. The number of carbonyl (C=O) groups is 1. The van der Waals surface area contributed by atoms with Crippen molar-refractivity contribution in [2.75, 3.05) is 12.4 Å². The van der Waals surface area contributed by atoms with Crippen LogP contribution in [0.15, 0.2) is 23.1 Å². The number of hydrogen-bond acceptors (Lipinski definition) is 4. The molecular formula is C15H20O5S. The number of rotatable bonds is 6. The maximum absolute atomic E-state index is 12.3. The van der Waals surface area contributed by atoms with Crippen molar-refractivity contribution in [2.24, 2.45) is 0 Å². The number of ether oxygens (including phenoxy) is 1. The van der Waals surface area contributed by atoms with E-state index in [9.17, 15) is 18.3 Å². The lowest BCUT2D eigenvalue weighted by Gasteiger charge is -2.11. The Morgan fingerprint density at radius 2 is 2.19 bits per heavy atom. The molecule has 1 N–H and O–H groups in total. The lowest BCUT2D eigenvalue weighted by molar-refractivity contribution is 0.0695. The fraction of sp³-hybridized carbons (Fsp3) is 0.533. The molecule has 1 aromatic carbocycles. The van der Waals surface area contributed by atoms with Crippen LogP contribution in [0.25, 0.3) is 0 Å². The minimum Gasteiger partial charge on any atom is -0.478 e. The van der Waals surface area contributed by atoms with Crippen molar-refractivity contribution in [3.8, 4) is 0 Å². The van der Waals surface area contributed by atoms with E-state index in [1.807, 2.05) is 6.92 Å². The Morgan fingerprint density at radius 3 is 2.76 bits per heavy atom. The van der Waals surface area contributed by atoms with E-state index >= 15 is 0 Å². The average Bonchev–Trinajstić information content (AvgIpc) is 2.97. The normalized spacial score (nSPS) is 18.8. The van der Waals surface area contributed by atoms with Gasteiger partial charge in [-0.3, -0.25) is 0 Å². The molecule has 0 saturated carbocycles. The number of aryl methyl sites for hydroxylation is 1. The molecule has 1 heterocycles. The SMILES string of the molecule is CCc1ccc(S(=O)(=O)CCC2CCCO2)cc1C(=O)O. The molecule has 1 unspecified atom stereocenters. The number of carboxylic acids is 1. The summed E-state index contributed by atoms with van der Waals surface area (Å²) in [4.78, 5) is 11.3. The van der Waals surface area contributed by atoms with Crippen molar-refractivity contribution >= 4 is 15.8 Å². The second-order valence-electron chi connectivity index (χ2n) is 5.22. The van der Waals surface area contributed by atoms with Gasteiger partial charge in [0.25, 0.3) is 0 Å². The molecule has 1 aromatic rings. The molecule has 0 aromatic heterocycles. The van der Waals surface area contributed by atoms with Gasteiger partial charge in [0, 0.05) is 6.61 Å². The topological polar surface area (TPSA) is 80.7 Å². The van der Waals surface area contributed by atoms with Gasteiger partial charge in [0.2, 0.25) is 0 Å². The van der Waals surface area contributed by atoms with Crippen LogP contribution in [0.4, 0.5) is 0 Å². The Bertz CT molecular complexity index is 615. The van der Waals surface area contributed by atoms with Crippen LogP contribution in [0.2, 0.25) is 0 Å². The van der Waals surface area contributed by atoms with Gasteiger partial charge in [0.15, 0.2) is 9.84 Å². The maximum Gasteiger partial charge on any atom is 0.336 e. The highest BCUT2D eigenvalue weighted by Crippen LogP contribution is 2.21. The third-order valence-corrected chi connectivity index (χ3v) is 5.53. The van der Waals surface area contributed by atoms with Crippen LogP contribution < -0.4 is 0 Å². The Kier molecular flexibility index (Phi) is 5.00.